The van der Waals surface area contributed by atoms with Crippen LogP contribution in [0.25, 0.3) is 33.4 Å². The van der Waals surface area contributed by atoms with Crippen molar-refractivity contribution < 1.29 is 0 Å². The van der Waals surface area contributed by atoms with Crippen molar-refractivity contribution in [2.45, 2.75) is 19.3 Å². The zero-order valence-corrected chi connectivity index (χ0v) is 22.9. The van der Waals surface area contributed by atoms with Crippen LogP contribution in [0.3, 0.4) is 0 Å². The number of hydrogen-bond acceptors (Lipinski definition) is 1. The molecular formula is C39H31N. The second-order valence-corrected chi connectivity index (χ2v) is 11.0. The molecule has 1 aliphatic carbocycles. The minimum Gasteiger partial charge on any atom is -0.310 e. The van der Waals surface area contributed by atoms with Crippen molar-refractivity contribution >= 4 is 17.1 Å². The van der Waals surface area contributed by atoms with Crippen LogP contribution in [0.1, 0.15) is 25.0 Å². The lowest BCUT2D eigenvalue weighted by atomic mass is 9.82. The summed E-state index contributed by atoms with van der Waals surface area (Å²) in [7, 11) is 0. The summed E-state index contributed by atoms with van der Waals surface area (Å²) in [6.07, 6.45) is 0. The molecule has 0 heterocycles. The summed E-state index contributed by atoms with van der Waals surface area (Å²) >= 11 is 0. The van der Waals surface area contributed by atoms with Crippen LogP contribution in [0, 0.1) is 0 Å². The highest BCUT2D eigenvalue weighted by Gasteiger charge is 2.35. The maximum Gasteiger partial charge on any atom is 0.0540 e. The lowest BCUT2D eigenvalue weighted by Gasteiger charge is -2.30. The van der Waals surface area contributed by atoms with Gasteiger partial charge in [-0.2, -0.15) is 0 Å². The minimum atomic E-state index is -0.0710. The van der Waals surface area contributed by atoms with Crippen LogP contribution < -0.4 is 4.90 Å². The molecule has 0 amide bonds. The Morgan fingerprint density at radius 2 is 0.975 bits per heavy atom. The summed E-state index contributed by atoms with van der Waals surface area (Å²) < 4.78 is 0. The Hall–Kier alpha value is -4.88. The Kier molecular flexibility index (Phi) is 5.86. The van der Waals surface area contributed by atoms with Crippen LogP contribution in [0.15, 0.2) is 152 Å². The van der Waals surface area contributed by atoms with Crippen LogP contribution in [0.4, 0.5) is 17.1 Å². The monoisotopic (exact) mass is 513 g/mol. The van der Waals surface area contributed by atoms with E-state index in [2.05, 4.69) is 170 Å². The molecule has 0 saturated carbocycles. The molecule has 0 radical (unpaired) electrons. The molecule has 0 spiro atoms. The molecule has 6 aromatic carbocycles. The van der Waals surface area contributed by atoms with Crippen LogP contribution in [-0.2, 0) is 5.41 Å². The molecule has 0 aliphatic heterocycles. The van der Waals surface area contributed by atoms with Crippen LogP contribution in [0.5, 0.6) is 0 Å². The van der Waals surface area contributed by atoms with Gasteiger partial charge in [-0.1, -0.05) is 135 Å². The average molecular weight is 514 g/mol. The molecule has 0 fully saturated rings. The van der Waals surface area contributed by atoms with Gasteiger partial charge < -0.3 is 4.90 Å². The van der Waals surface area contributed by atoms with Gasteiger partial charge in [-0.3, -0.25) is 0 Å². The number of hydrogen-bond donors (Lipinski definition) is 0. The fourth-order valence-electron chi connectivity index (χ4n) is 6.24. The molecule has 1 nitrogen and oxygen atoms in total. The van der Waals surface area contributed by atoms with Gasteiger partial charge >= 0.3 is 0 Å². The first-order valence-electron chi connectivity index (χ1n) is 14.0. The van der Waals surface area contributed by atoms with Gasteiger partial charge in [-0.15, -0.1) is 0 Å². The molecule has 6 aromatic rings. The molecule has 40 heavy (non-hydrogen) atoms. The van der Waals surface area contributed by atoms with Crippen LogP contribution >= 0.6 is 0 Å². The van der Waals surface area contributed by atoms with Gasteiger partial charge in [0.25, 0.3) is 0 Å². The third kappa shape index (κ3) is 4.03. The van der Waals surface area contributed by atoms with Crippen molar-refractivity contribution in [1.29, 1.82) is 0 Å². The van der Waals surface area contributed by atoms with E-state index in [-0.39, 0.29) is 5.41 Å². The van der Waals surface area contributed by atoms with E-state index < -0.39 is 0 Å². The first kappa shape index (κ1) is 24.2. The average Bonchev–Trinajstić information content (AvgIpc) is 3.25. The number of para-hydroxylation sites is 1. The smallest absolute Gasteiger partial charge is 0.0540 e. The highest BCUT2D eigenvalue weighted by Crippen LogP contribution is 2.51. The highest BCUT2D eigenvalue weighted by molar-refractivity contribution is 5.91. The molecule has 1 aliphatic rings. The molecule has 0 saturated heterocycles. The molecule has 7 rings (SSSR count). The summed E-state index contributed by atoms with van der Waals surface area (Å²) in [6.45, 7) is 4.69. The molecular weight excluding hydrogens is 482 g/mol. The second-order valence-electron chi connectivity index (χ2n) is 11.0. The lowest BCUT2D eigenvalue weighted by molar-refractivity contribution is 0.660. The summed E-state index contributed by atoms with van der Waals surface area (Å²) in [4.78, 5) is 2.42. The topological polar surface area (TPSA) is 3.24 Å². The summed E-state index contributed by atoms with van der Waals surface area (Å²) in [5, 5.41) is 0. The Morgan fingerprint density at radius 1 is 0.400 bits per heavy atom. The molecule has 0 bridgehead atoms. The molecule has 0 atom stereocenters. The predicted octanol–water partition coefficient (Wildman–Crippen LogP) is 10.8. The standard InChI is InChI=1S/C39H31N/c1-39(2)36-22-11-9-21-34(36)35-25-24-32(27-37(35)39)40(31-19-13-18-30(26-31)28-14-5-3-6-15-28)38-23-12-10-20-33(38)29-16-7-4-8-17-29/h3-27H,1-2H3. The van der Waals surface area contributed by atoms with Crippen molar-refractivity contribution in [3.63, 3.8) is 0 Å². The van der Waals surface area contributed by atoms with Crippen LogP contribution in [0.2, 0.25) is 0 Å². The first-order valence-corrected chi connectivity index (χ1v) is 14.0. The minimum absolute atomic E-state index is 0.0710. The van der Waals surface area contributed by atoms with Crippen molar-refractivity contribution in [2.75, 3.05) is 4.90 Å². The van der Waals surface area contributed by atoms with Gasteiger partial charge in [0.2, 0.25) is 0 Å². The van der Waals surface area contributed by atoms with E-state index in [0.29, 0.717) is 0 Å². The number of rotatable bonds is 5. The lowest BCUT2D eigenvalue weighted by Crippen LogP contribution is -2.16. The Balaban J connectivity index is 1.45. The van der Waals surface area contributed by atoms with Crippen molar-refractivity contribution in [3.8, 4) is 33.4 Å². The molecule has 0 N–H and O–H groups in total. The number of nitrogens with zero attached hydrogens (tertiary/aromatic N) is 1. The predicted molar refractivity (Wildman–Crippen MR) is 170 cm³/mol. The quantitative estimate of drug-likeness (QED) is 0.222. The summed E-state index contributed by atoms with van der Waals surface area (Å²) in [5.41, 5.74) is 13.6. The van der Waals surface area contributed by atoms with E-state index >= 15 is 0 Å². The van der Waals surface area contributed by atoms with Crippen LogP contribution in [-0.4, -0.2) is 0 Å². The van der Waals surface area contributed by atoms with E-state index in [1.54, 1.807) is 0 Å². The van der Waals surface area contributed by atoms with Gasteiger partial charge in [-0.05, 0) is 69.3 Å². The van der Waals surface area contributed by atoms with Crippen molar-refractivity contribution in [1.82, 2.24) is 0 Å². The maximum absolute atomic E-state index is 2.42. The van der Waals surface area contributed by atoms with E-state index in [9.17, 15) is 0 Å². The maximum atomic E-state index is 2.42. The Labute approximate surface area is 237 Å². The second kappa shape index (κ2) is 9.70. The number of anilines is 3. The molecule has 0 unspecified atom stereocenters. The van der Waals surface area contributed by atoms with Crippen molar-refractivity contribution in [2.24, 2.45) is 0 Å². The zero-order chi connectivity index (χ0) is 27.1. The van der Waals surface area contributed by atoms with Gasteiger partial charge in [0.15, 0.2) is 0 Å². The summed E-state index contributed by atoms with van der Waals surface area (Å²) in [6, 6.07) is 54.8. The summed E-state index contributed by atoms with van der Waals surface area (Å²) in [5.74, 6) is 0. The van der Waals surface area contributed by atoms with Gasteiger partial charge in [0, 0.05) is 22.4 Å². The third-order valence-electron chi connectivity index (χ3n) is 8.27. The molecule has 0 aromatic heterocycles. The third-order valence-corrected chi connectivity index (χ3v) is 8.27. The fourth-order valence-corrected chi connectivity index (χ4v) is 6.24. The highest BCUT2D eigenvalue weighted by atomic mass is 15.1. The zero-order valence-electron chi connectivity index (χ0n) is 22.9. The van der Waals surface area contributed by atoms with E-state index in [1.165, 1.54) is 44.5 Å². The largest absolute Gasteiger partial charge is 0.310 e. The van der Waals surface area contributed by atoms with Crippen molar-refractivity contribution in [3.05, 3.63) is 163 Å². The van der Waals surface area contributed by atoms with Gasteiger partial charge in [0.1, 0.15) is 0 Å². The normalized spacial score (nSPS) is 12.9. The number of benzene rings is 6. The SMILES string of the molecule is CC1(C)c2ccccc2-c2ccc(N(c3cccc(-c4ccccc4)c3)c3ccccc3-c3ccccc3)cc21. The Morgan fingerprint density at radius 3 is 1.75 bits per heavy atom. The number of fused-ring (bicyclic) bond motifs is 3. The van der Waals surface area contributed by atoms with E-state index in [0.717, 1.165) is 17.1 Å². The van der Waals surface area contributed by atoms with E-state index in [4.69, 9.17) is 0 Å². The van der Waals surface area contributed by atoms with Gasteiger partial charge in [0.05, 0.1) is 5.69 Å². The fraction of sp³-hybridized carbons (Fsp3) is 0.0769. The van der Waals surface area contributed by atoms with E-state index in [1.807, 2.05) is 0 Å². The Bertz CT molecular complexity index is 1820. The van der Waals surface area contributed by atoms with Gasteiger partial charge in [-0.25, -0.2) is 0 Å². The first-order chi connectivity index (χ1) is 19.6. The molecule has 1 heteroatoms. The molecule has 192 valence electrons.